The van der Waals surface area contributed by atoms with E-state index in [1.807, 2.05) is 7.11 Å². The highest BCUT2D eigenvalue weighted by Crippen LogP contribution is 2.14. The predicted molar refractivity (Wildman–Crippen MR) is 78.9 cm³/mol. The highest BCUT2D eigenvalue weighted by molar-refractivity contribution is 5.14. The molecule has 0 N–H and O–H groups in total. The van der Waals surface area contributed by atoms with E-state index in [1.165, 1.54) is 44.1 Å². The van der Waals surface area contributed by atoms with Crippen molar-refractivity contribution in [2.75, 3.05) is 7.11 Å². The Hall–Kier alpha value is -0.820. The van der Waals surface area contributed by atoms with Crippen molar-refractivity contribution in [2.24, 2.45) is 0 Å². The molecule has 0 aromatic heterocycles. The molecule has 1 heteroatoms. The molecule has 1 atom stereocenters. The van der Waals surface area contributed by atoms with Crippen molar-refractivity contribution >= 4 is 0 Å². The second kappa shape index (κ2) is 10.1. The molecular formula is C17H28O. The minimum absolute atomic E-state index is 0.437. The van der Waals surface area contributed by atoms with Crippen LogP contribution in [0.4, 0.5) is 0 Å². The summed E-state index contributed by atoms with van der Waals surface area (Å²) in [5, 5.41) is 0. The molecule has 0 aliphatic carbocycles. The fraction of sp³-hybridized carbons (Fsp3) is 0.647. The molecule has 0 saturated heterocycles. The second-order valence-electron chi connectivity index (χ2n) is 5.08. The molecule has 1 nitrogen and oxygen atoms in total. The molecule has 0 radical (unpaired) electrons. The van der Waals surface area contributed by atoms with E-state index in [1.54, 1.807) is 0 Å². The Bertz CT molecular complexity index is 281. The van der Waals surface area contributed by atoms with E-state index in [9.17, 15) is 0 Å². The fourth-order valence-corrected chi connectivity index (χ4v) is 2.33. The van der Waals surface area contributed by atoms with E-state index in [0.29, 0.717) is 6.10 Å². The van der Waals surface area contributed by atoms with Crippen LogP contribution in [0.1, 0.15) is 57.4 Å². The highest BCUT2D eigenvalue weighted by atomic mass is 16.5. The Morgan fingerprint density at radius 2 is 1.67 bits per heavy atom. The number of aryl methyl sites for hydroxylation is 1. The first-order valence-electron chi connectivity index (χ1n) is 7.43. The second-order valence-corrected chi connectivity index (χ2v) is 5.08. The van der Waals surface area contributed by atoms with Crippen molar-refractivity contribution in [2.45, 2.75) is 64.4 Å². The number of hydrogen-bond donors (Lipinski definition) is 0. The van der Waals surface area contributed by atoms with Gasteiger partial charge in [-0.3, -0.25) is 0 Å². The maximum absolute atomic E-state index is 5.58. The van der Waals surface area contributed by atoms with Crippen LogP contribution >= 0.6 is 0 Å². The number of unbranched alkanes of at least 4 members (excludes halogenated alkanes) is 4. The van der Waals surface area contributed by atoms with E-state index in [2.05, 4.69) is 37.3 Å². The summed E-state index contributed by atoms with van der Waals surface area (Å²) in [7, 11) is 1.85. The molecule has 1 aromatic rings. The minimum Gasteiger partial charge on any atom is -0.381 e. The first-order valence-corrected chi connectivity index (χ1v) is 7.43. The van der Waals surface area contributed by atoms with Crippen LogP contribution < -0.4 is 0 Å². The highest BCUT2D eigenvalue weighted by Gasteiger charge is 2.07. The van der Waals surface area contributed by atoms with Crippen molar-refractivity contribution in [3.63, 3.8) is 0 Å². The lowest BCUT2D eigenvalue weighted by Gasteiger charge is -2.15. The molecule has 0 aliphatic heterocycles. The van der Waals surface area contributed by atoms with E-state index >= 15 is 0 Å². The summed E-state index contributed by atoms with van der Waals surface area (Å²) in [6.07, 6.45) is 10.7. The van der Waals surface area contributed by atoms with Crippen molar-refractivity contribution in [1.29, 1.82) is 0 Å². The summed E-state index contributed by atoms with van der Waals surface area (Å²) in [4.78, 5) is 0. The van der Waals surface area contributed by atoms with Gasteiger partial charge in [-0.2, -0.15) is 0 Å². The summed E-state index contributed by atoms with van der Waals surface area (Å²) in [5.74, 6) is 0. The van der Waals surface area contributed by atoms with Crippen LogP contribution in [0.2, 0.25) is 0 Å². The molecule has 102 valence electrons. The van der Waals surface area contributed by atoms with Gasteiger partial charge in [0.1, 0.15) is 0 Å². The van der Waals surface area contributed by atoms with Gasteiger partial charge < -0.3 is 4.74 Å². The largest absolute Gasteiger partial charge is 0.381 e. The SMILES string of the molecule is CCCCCCCC(CCc1ccccc1)OC. The summed E-state index contributed by atoms with van der Waals surface area (Å²) >= 11 is 0. The molecule has 1 aromatic carbocycles. The lowest BCUT2D eigenvalue weighted by atomic mass is 10.0. The van der Waals surface area contributed by atoms with Gasteiger partial charge in [0.25, 0.3) is 0 Å². The number of methoxy groups -OCH3 is 1. The predicted octanol–water partition coefficient (Wildman–Crippen LogP) is 4.99. The number of ether oxygens (including phenoxy) is 1. The third-order valence-corrected chi connectivity index (χ3v) is 3.56. The Labute approximate surface area is 113 Å². The Kier molecular flexibility index (Phi) is 8.58. The molecule has 1 rings (SSSR count). The van der Waals surface area contributed by atoms with Gasteiger partial charge in [-0.05, 0) is 24.8 Å². The molecule has 1 unspecified atom stereocenters. The monoisotopic (exact) mass is 248 g/mol. The zero-order valence-electron chi connectivity index (χ0n) is 12.0. The van der Waals surface area contributed by atoms with Crippen LogP contribution in [0.15, 0.2) is 30.3 Å². The quantitative estimate of drug-likeness (QED) is 0.530. The van der Waals surface area contributed by atoms with E-state index in [0.717, 1.165) is 12.8 Å². The van der Waals surface area contributed by atoms with Gasteiger partial charge >= 0.3 is 0 Å². The molecule has 0 bridgehead atoms. The molecule has 18 heavy (non-hydrogen) atoms. The summed E-state index contributed by atoms with van der Waals surface area (Å²) in [6, 6.07) is 10.7. The normalized spacial score (nSPS) is 12.6. The van der Waals surface area contributed by atoms with Crippen molar-refractivity contribution < 1.29 is 4.74 Å². The Morgan fingerprint density at radius 1 is 0.944 bits per heavy atom. The van der Waals surface area contributed by atoms with Crippen molar-refractivity contribution in [1.82, 2.24) is 0 Å². The Balaban J connectivity index is 2.13. The first-order chi connectivity index (χ1) is 8.86. The van der Waals surface area contributed by atoms with E-state index in [-0.39, 0.29) is 0 Å². The molecule has 0 saturated carbocycles. The lowest BCUT2D eigenvalue weighted by molar-refractivity contribution is 0.0858. The van der Waals surface area contributed by atoms with Gasteiger partial charge in [-0.1, -0.05) is 69.4 Å². The zero-order chi connectivity index (χ0) is 13.1. The van der Waals surface area contributed by atoms with Crippen LogP contribution in [0, 0.1) is 0 Å². The molecule has 0 aliphatic rings. The average Bonchev–Trinajstić information content (AvgIpc) is 2.43. The summed E-state index contributed by atoms with van der Waals surface area (Å²) < 4.78 is 5.58. The van der Waals surface area contributed by atoms with Gasteiger partial charge in [0, 0.05) is 7.11 Å². The number of rotatable bonds is 10. The van der Waals surface area contributed by atoms with Gasteiger partial charge in [0.15, 0.2) is 0 Å². The molecule has 0 amide bonds. The van der Waals surface area contributed by atoms with Crippen LogP contribution in [0.3, 0.4) is 0 Å². The third kappa shape index (κ3) is 6.80. The van der Waals surface area contributed by atoms with E-state index in [4.69, 9.17) is 4.74 Å². The Morgan fingerprint density at radius 3 is 2.33 bits per heavy atom. The van der Waals surface area contributed by atoms with Crippen LogP contribution in [-0.2, 0) is 11.2 Å². The first kappa shape index (κ1) is 15.2. The van der Waals surface area contributed by atoms with Crippen LogP contribution in [0.5, 0.6) is 0 Å². The third-order valence-electron chi connectivity index (χ3n) is 3.56. The number of benzene rings is 1. The smallest absolute Gasteiger partial charge is 0.0574 e. The summed E-state index contributed by atoms with van der Waals surface area (Å²) in [6.45, 7) is 2.26. The van der Waals surface area contributed by atoms with Crippen LogP contribution in [0.25, 0.3) is 0 Å². The average molecular weight is 248 g/mol. The molecular weight excluding hydrogens is 220 g/mol. The fourth-order valence-electron chi connectivity index (χ4n) is 2.33. The van der Waals surface area contributed by atoms with Gasteiger partial charge in [-0.15, -0.1) is 0 Å². The molecule has 0 fully saturated rings. The maximum atomic E-state index is 5.58. The van der Waals surface area contributed by atoms with Crippen molar-refractivity contribution in [3.05, 3.63) is 35.9 Å². The standard InChI is InChI=1S/C17H28O/c1-3-4-5-6-10-13-17(18-2)15-14-16-11-8-7-9-12-16/h7-9,11-12,17H,3-6,10,13-15H2,1-2H3. The van der Waals surface area contributed by atoms with Crippen LogP contribution in [-0.4, -0.2) is 13.2 Å². The van der Waals surface area contributed by atoms with Gasteiger partial charge in [0.05, 0.1) is 6.10 Å². The van der Waals surface area contributed by atoms with E-state index < -0.39 is 0 Å². The maximum Gasteiger partial charge on any atom is 0.0574 e. The van der Waals surface area contributed by atoms with Crippen molar-refractivity contribution in [3.8, 4) is 0 Å². The minimum atomic E-state index is 0.437. The molecule has 0 spiro atoms. The topological polar surface area (TPSA) is 9.23 Å². The lowest BCUT2D eigenvalue weighted by Crippen LogP contribution is -2.11. The van der Waals surface area contributed by atoms with Gasteiger partial charge in [0.2, 0.25) is 0 Å². The number of hydrogen-bond acceptors (Lipinski definition) is 1. The van der Waals surface area contributed by atoms with Gasteiger partial charge in [-0.25, -0.2) is 0 Å². The molecule has 0 heterocycles. The zero-order valence-corrected chi connectivity index (χ0v) is 12.0. The summed E-state index contributed by atoms with van der Waals surface area (Å²) in [5.41, 5.74) is 1.42.